The van der Waals surface area contributed by atoms with E-state index in [-0.39, 0.29) is 30.3 Å². The molecule has 4 rings (SSSR count). The summed E-state index contributed by atoms with van der Waals surface area (Å²) in [5.74, 6) is 0.0747. The highest BCUT2D eigenvalue weighted by Gasteiger charge is 2.21. The summed E-state index contributed by atoms with van der Waals surface area (Å²) < 4.78 is 1.52. The van der Waals surface area contributed by atoms with Gasteiger partial charge in [-0.05, 0) is 25.3 Å². The molecule has 0 aliphatic heterocycles. The normalized spacial score (nSPS) is 17.0. The summed E-state index contributed by atoms with van der Waals surface area (Å²) >= 11 is 0. The fourth-order valence-electron chi connectivity index (χ4n) is 2.60. The molecule has 0 bridgehead atoms. The molecular formula is C16H20N8O3. The van der Waals surface area contributed by atoms with Gasteiger partial charge in [-0.25, -0.2) is 9.79 Å². The van der Waals surface area contributed by atoms with Crippen LogP contribution in [0, 0.1) is 0 Å². The molecule has 11 heteroatoms. The van der Waals surface area contributed by atoms with Crippen molar-refractivity contribution in [3.8, 4) is 5.88 Å². The van der Waals surface area contributed by atoms with Gasteiger partial charge in [-0.1, -0.05) is 6.92 Å². The molecular weight excluding hydrogens is 352 g/mol. The third-order valence-electron chi connectivity index (χ3n) is 4.30. The number of aromatic hydroxyl groups is 1. The molecule has 5 N–H and O–H groups in total. The molecule has 3 aromatic rings. The van der Waals surface area contributed by atoms with Crippen molar-refractivity contribution in [2.45, 2.75) is 38.3 Å². The van der Waals surface area contributed by atoms with Crippen molar-refractivity contribution in [2.75, 3.05) is 11.9 Å². The fourth-order valence-corrected chi connectivity index (χ4v) is 2.60. The van der Waals surface area contributed by atoms with Gasteiger partial charge in [-0.15, -0.1) is 0 Å². The highest BCUT2D eigenvalue weighted by atomic mass is 16.3. The van der Waals surface area contributed by atoms with Crippen LogP contribution < -0.4 is 21.8 Å². The summed E-state index contributed by atoms with van der Waals surface area (Å²) in [7, 11) is 0. The number of aliphatic hydroxyl groups is 1. The maximum atomic E-state index is 11.3. The Morgan fingerprint density at radius 3 is 2.89 bits per heavy atom. The number of anilines is 1. The highest BCUT2D eigenvalue weighted by molar-refractivity contribution is 5.57. The third kappa shape index (κ3) is 3.53. The second kappa shape index (κ2) is 6.83. The maximum Gasteiger partial charge on any atom is 0.326 e. The van der Waals surface area contributed by atoms with Crippen molar-refractivity contribution >= 4 is 17.7 Å². The number of aromatic amines is 2. The summed E-state index contributed by atoms with van der Waals surface area (Å²) in [4.78, 5) is 29.6. The zero-order valence-corrected chi connectivity index (χ0v) is 14.7. The topological polar surface area (TPSA) is 157 Å². The number of aliphatic hydroxyl groups excluding tert-OH is 1. The number of imidazole rings is 1. The van der Waals surface area contributed by atoms with Crippen LogP contribution in [0.25, 0.3) is 11.7 Å². The van der Waals surface area contributed by atoms with E-state index in [9.17, 15) is 15.0 Å². The number of hydrogen-bond donors (Lipinski definition) is 5. The molecule has 27 heavy (non-hydrogen) atoms. The molecule has 3 aromatic heterocycles. The molecule has 11 nitrogen and oxygen atoms in total. The first-order valence-corrected chi connectivity index (χ1v) is 8.77. The van der Waals surface area contributed by atoms with Crippen molar-refractivity contribution in [1.29, 1.82) is 0 Å². The average Bonchev–Trinajstić information content (AvgIpc) is 3.28. The molecule has 1 aliphatic carbocycles. The van der Waals surface area contributed by atoms with Gasteiger partial charge in [-0.2, -0.15) is 19.6 Å². The van der Waals surface area contributed by atoms with Crippen LogP contribution in [0.3, 0.4) is 0 Å². The standard InChI is InChI=1S/C16H20N8O3/c1-2-9(7-25)18-14-21-12-8(5-11-13(26)22-16(27)20-11)6-17-24(12)15(23-14)19-10-3-4-10/h5-6,9-10,25-26H,2-4,7H2,1H3,(H,18,19,23)(H2,20,22,27)/b8-5+/t9-/m0/s1. The first-order chi connectivity index (χ1) is 13.1. The van der Waals surface area contributed by atoms with Crippen LogP contribution in [0.2, 0.25) is 0 Å². The molecule has 0 unspecified atom stereocenters. The maximum absolute atomic E-state index is 11.3. The summed E-state index contributed by atoms with van der Waals surface area (Å²) in [6.45, 7) is 1.90. The number of rotatable bonds is 6. The smallest absolute Gasteiger partial charge is 0.326 e. The van der Waals surface area contributed by atoms with Gasteiger partial charge in [0.25, 0.3) is 5.62 Å². The Bertz CT molecular complexity index is 1140. The number of hydrogen-bond acceptors (Lipinski definition) is 8. The minimum absolute atomic E-state index is 0.0448. The number of H-pyrrole nitrogens is 2. The average molecular weight is 372 g/mol. The summed E-state index contributed by atoms with van der Waals surface area (Å²) in [5.41, 5.74) is 0.612. The lowest BCUT2D eigenvalue weighted by molar-refractivity contribution is 0.271. The SMILES string of the molecule is CC[C@@H](CO)Nc1nc(=NC2CC2)n2nc/c(=C\c3[nH]c(=O)[nH]c3O)c2n1. The Morgan fingerprint density at radius 2 is 2.26 bits per heavy atom. The van der Waals surface area contributed by atoms with Crippen LogP contribution in [-0.4, -0.2) is 58.5 Å². The number of aromatic nitrogens is 6. The minimum Gasteiger partial charge on any atom is -0.493 e. The van der Waals surface area contributed by atoms with Gasteiger partial charge in [0.2, 0.25) is 11.8 Å². The van der Waals surface area contributed by atoms with E-state index in [1.807, 2.05) is 6.92 Å². The van der Waals surface area contributed by atoms with E-state index in [1.165, 1.54) is 4.52 Å². The Kier molecular flexibility index (Phi) is 4.36. The monoisotopic (exact) mass is 372 g/mol. The number of nitrogens with zero attached hydrogens (tertiary/aromatic N) is 5. The second-order valence-electron chi connectivity index (χ2n) is 6.46. The van der Waals surface area contributed by atoms with E-state index in [2.05, 4.69) is 35.3 Å². The van der Waals surface area contributed by atoms with Crippen molar-refractivity contribution in [1.82, 2.24) is 29.5 Å². The lowest BCUT2D eigenvalue weighted by atomic mass is 10.2. The molecule has 0 amide bonds. The Labute approximate surface area is 152 Å². The predicted molar refractivity (Wildman–Crippen MR) is 96.0 cm³/mol. The lowest BCUT2D eigenvalue weighted by Crippen LogP contribution is -2.29. The zero-order chi connectivity index (χ0) is 19.0. The minimum atomic E-state index is -0.509. The van der Waals surface area contributed by atoms with Crippen LogP contribution in [0.1, 0.15) is 31.9 Å². The quantitative estimate of drug-likeness (QED) is 0.358. The molecule has 0 saturated heterocycles. The van der Waals surface area contributed by atoms with E-state index in [0.29, 0.717) is 28.9 Å². The molecule has 1 fully saturated rings. The van der Waals surface area contributed by atoms with Crippen molar-refractivity contribution in [3.05, 3.63) is 33.2 Å². The van der Waals surface area contributed by atoms with E-state index >= 15 is 0 Å². The Balaban J connectivity index is 1.89. The predicted octanol–water partition coefficient (Wildman–Crippen LogP) is -1.36. The highest BCUT2D eigenvalue weighted by Crippen LogP contribution is 2.22. The third-order valence-corrected chi connectivity index (χ3v) is 4.30. The Morgan fingerprint density at radius 1 is 1.44 bits per heavy atom. The van der Waals surface area contributed by atoms with Crippen LogP contribution in [-0.2, 0) is 0 Å². The van der Waals surface area contributed by atoms with Crippen LogP contribution in [0.5, 0.6) is 5.88 Å². The van der Waals surface area contributed by atoms with E-state index in [4.69, 9.17) is 0 Å². The molecule has 142 valence electrons. The first-order valence-electron chi connectivity index (χ1n) is 8.77. The summed E-state index contributed by atoms with van der Waals surface area (Å²) in [5, 5.41) is 27.2. The molecule has 0 spiro atoms. The van der Waals surface area contributed by atoms with Gasteiger partial charge >= 0.3 is 5.69 Å². The van der Waals surface area contributed by atoms with Gasteiger partial charge in [0, 0.05) is 5.22 Å². The Hall–Kier alpha value is -3.21. The molecule has 0 aromatic carbocycles. The second-order valence-corrected chi connectivity index (χ2v) is 6.46. The summed E-state index contributed by atoms with van der Waals surface area (Å²) in [6, 6.07) is 0.0547. The first kappa shape index (κ1) is 17.2. The van der Waals surface area contributed by atoms with E-state index in [0.717, 1.165) is 12.8 Å². The van der Waals surface area contributed by atoms with Gasteiger partial charge < -0.3 is 20.5 Å². The lowest BCUT2D eigenvalue weighted by Gasteiger charge is -2.13. The molecule has 3 heterocycles. The van der Waals surface area contributed by atoms with Gasteiger partial charge in [-0.3, -0.25) is 4.98 Å². The van der Waals surface area contributed by atoms with Crippen molar-refractivity contribution < 1.29 is 10.2 Å². The van der Waals surface area contributed by atoms with Gasteiger partial charge in [0.15, 0.2) is 5.65 Å². The number of fused-ring (bicyclic) bond motifs is 1. The fraction of sp³-hybridized carbons (Fsp3) is 0.438. The molecule has 1 aliphatic rings. The van der Waals surface area contributed by atoms with Gasteiger partial charge in [0.1, 0.15) is 5.69 Å². The van der Waals surface area contributed by atoms with E-state index in [1.54, 1.807) is 12.3 Å². The van der Waals surface area contributed by atoms with E-state index < -0.39 is 5.69 Å². The van der Waals surface area contributed by atoms with Crippen LogP contribution in [0.4, 0.5) is 5.95 Å². The van der Waals surface area contributed by atoms with Crippen molar-refractivity contribution in [3.63, 3.8) is 0 Å². The largest absolute Gasteiger partial charge is 0.493 e. The molecule has 1 atom stereocenters. The van der Waals surface area contributed by atoms with Crippen LogP contribution in [0.15, 0.2) is 16.0 Å². The van der Waals surface area contributed by atoms with Gasteiger partial charge in [0.05, 0.1) is 24.9 Å². The molecule has 1 saturated carbocycles. The van der Waals surface area contributed by atoms with Crippen LogP contribution >= 0.6 is 0 Å². The summed E-state index contributed by atoms with van der Waals surface area (Å²) in [6.07, 6.45) is 5.86. The molecule has 0 radical (unpaired) electrons. The zero-order valence-electron chi connectivity index (χ0n) is 14.7. The van der Waals surface area contributed by atoms with Crippen molar-refractivity contribution in [2.24, 2.45) is 4.99 Å². The number of nitrogens with one attached hydrogen (secondary N) is 3.